The molecule has 1 atom stereocenters. The van der Waals surface area contributed by atoms with E-state index in [4.69, 9.17) is 4.74 Å². The Hall–Kier alpha value is -3.08. The second-order valence-electron chi connectivity index (χ2n) is 6.55. The van der Waals surface area contributed by atoms with Crippen molar-refractivity contribution in [2.45, 2.75) is 13.3 Å². The number of ether oxygens (including phenoxy) is 1. The molecule has 8 nitrogen and oxygen atoms in total. The first-order valence-corrected chi connectivity index (χ1v) is 9.05. The quantitative estimate of drug-likeness (QED) is 0.797. The van der Waals surface area contributed by atoms with E-state index in [1.807, 2.05) is 0 Å². The van der Waals surface area contributed by atoms with Gasteiger partial charge in [-0.3, -0.25) is 9.59 Å². The molecule has 2 aliphatic heterocycles. The molecule has 1 aromatic rings. The molecule has 0 radical (unpaired) electrons. The zero-order valence-corrected chi connectivity index (χ0v) is 15.3. The number of hydrogen-bond acceptors (Lipinski definition) is 5. The van der Waals surface area contributed by atoms with E-state index in [0.29, 0.717) is 44.0 Å². The molecule has 2 aliphatic rings. The maximum absolute atomic E-state index is 12.8. The highest BCUT2D eigenvalue weighted by Crippen LogP contribution is 2.29. The Kier molecular flexibility index (Phi) is 5.60. The number of rotatable bonds is 3. The van der Waals surface area contributed by atoms with Crippen molar-refractivity contribution >= 4 is 23.6 Å². The van der Waals surface area contributed by atoms with Crippen molar-refractivity contribution < 1.29 is 19.1 Å². The van der Waals surface area contributed by atoms with Gasteiger partial charge in [-0.05, 0) is 19.1 Å². The third-order valence-electron chi connectivity index (χ3n) is 4.91. The van der Waals surface area contributed by atoms with Crippen LogP contribution in [0.3, 0.4) is 0 Å². The fourth-order valence-electron chi connectivity index (χ4n) is 3.49. The minimum atomic E-state index is -0.432. The molecular formula is C19H22N4O4. The Morgan fingerprint density at radius 2 is 1.85 bits per heavy atom. The molecule has 0 bridgehead atoms. The highest BCUT2D eigenvalue weighted by Gasteiger charge is 2.38. The van der Waals surface area contributed by atoms with Crippen molar-refractivity contribution in [3.63, 3.8) is 0 Å². The highest BCUT2D eigenvalue weighted by atomic mass is 16.6. The number of anilines is 1. The van der Waals surface area contributed by atoms with Crippen molar-refractivity contribution in [2.75, 3.05) is 44.2 Å². The first kappa shape index (κ1) is 18.7. The van der Waals surface area contributed by atoms with E-state index in [9.17, 15) is 19.6 Å². The van der Waals surface area contributed by atoms with Gasteiger partial charge in [0.05, 0.1) is 23.8 Å². The lowest BCUT2D eigenvalue weighted by Gasteiger charge is -2.35. The van der Waals surface area contributed by atoms with Gasteiger partial charge in [0.2, 0.25) is 11.8 Å². The Morgan fingerprint density at radius 1 is 1.19 bits per heavy atom. The molecule has 2 saturated heterocycles. The van der Waals surface area contributed by atoms with Gasteiger partial charge in [0.25, 0.3) is 0 Å². The molecule has 0 spiro atoms. The van der Waals surface area contributed by atoms with Crippen molar-refractivity contribution in [2.24, 2.45) is 5.92 Å². The van der Waals surface area contributed by atoms with Gasteiger partial charge in [-0.2, -0.15) is 5.26 Å². The summed E-state index contributed by atoms with van der Waals surface area (Å²) in [6.07, 6.45) is -0.226. The number of piperazine rings is 1. The molecule has 1 aromatic carbocycles. The van der Waals surface area contributed by atoms with Crippen molar-refractivity contribution in [3.05, 3.63) is 29.8 Å². The third-order valence-corrected chi connectivity index (χ3v) is 4.91. The van der Waals surface area contributed by atoms with Crippen LogP contribution in [0.25, 0.3) is 0 Å². The fourth-order valence-corrected chi connectivity index (χ4v) is 3.49. The van der Waals surface area contributed by atoms with E-state index in [2.05, 4.69) is 6.07 Å². The summed E-state index contributed by atoms with van der Waals surface area (Å²) in [5.41, 5.74) is 0.967. The Labute approximate surface area is 157 Å². The number of carbonyl (C=O) groups is 3. The molecule has 0 saturated carbocycles. The molecule has 27 heavy (non-hydrogen) atoms. The Morgan fingerprint density at radius 3 is 2.52 bits per heavy atom. The van der Waals surface area contributed by atoms with Crippen LogP contribution in [0.2, 0.25) is 0 Å². The summed E-state index contributed by atoms with van der Waals surface area (Å²) in [6.45, 7) is 4.05. The smallest absolute Gasteiger partial charge is 0.409 e. The van der Waals surface area contributed by atoms with Gasteiger partial charge in [0, 0.05) is 39.1 Å². The molecule has 3 amide bonds. The van der Waals surface area contributed by atoms with E-state index >= 15 is 0 Å². The van der Waals surface area contributed by atoms with E-state index in [1.54, 1.807) is 41.0 Å². The van der Waals surface area contributed by atoms with Crippen molar-refractivity contribution in [1.82, 2.24) is 9.80 Å². The SMILES string of the molecule is CCOC(=O)N1CCN(C(=O)C2CC(=O)N(c3ccccc3C#N)C2)CC1. The Balaban J connectivity index is 1.62. The molecule has 3 rings (SSSR count). The van der Waals surface area contributed by atoms with Crippen LogP contribution in [0.15, 0.2) is 24.3 Å². The molecule has 8 heteroatoms. The van der Waals surface area contributed by atoms with Crippen LogP contribution in [-0.2, 0) is 14.3 Å². The van der Waals surface area contributed by atoms with Gasteiger partial charge >= 0.3 is 6.09 Å². The maximum atomic E-state index is 12.8. The fraction of sp³-hybridized carbons (Fsp3) is 0.474. The lowest BCUT2D eigenvalue weighted by atomic mass is 10.1. The number of hydrogen-bond donors (Lipinski definition) is 0. The predicted octanol–water partition coefficient (Wildman–Crippen LogP) is 1.21. The van der Waals surface area contributed by atoms with Crippen LogP contribution in [0.4, 0.5) is 10.5 Å². The summed E-state index contributed by atoms with van der Waals surface area (Å²) in [6, 6.07) is 8.99. The molecule has 1 unspecified atom stereocenters. The van der Waals surface area contributed by atoms with Crippen LogP contribution in [0.5, 0.6) is 0 Å². The molecule has 0 N–H and O–H groups in total. The van der Waals surface area contributed by atoms with Crippen molar-refractivity contribution in [3.8, 4) is 6.07 Å². The monoisotopic (exact) mass is 370 g/mol. The molecule has 0 aliphatic carbocycles. The topological polar surface area (TPSA) is 93.9 Å². The number of carbonyl (C=O) groups excluding carboxylic acids is 3. The minimum absolute atomic E-state index is 0.0798. The molecule has 142 valence electrons. The minimum Gasteiger partial charge on any atom is -0.450 e. The Bertz CT molecular complexity index is 780. The lowest BCUT2D eigenvalue weighted by Crippen LogP contribution is -2.52. The summed E-state index contributed by atoms with van der Waals surface area (Å²) in [5.74, 6) is -0.664. The van der Waals surface area contributed by atoms with Gasteiger partial charge in [-0.15, -0.1) is 0 Å². The zero-order chi connectivity index (χ0) is 19.4. The number of amides is 3. The van der Waals surface area contributed by atoms with Gasteiger partial charge in [-0.1, -0.05) is 12.1 Å². The standard InChI is InChI=1S/C19H22N4O4/c1-2-27-19(26)22-9-7-21(8-10-22)18(25)15-11-17(24)23(13-15)16-6-4-3-5-14(16)12-20/h3-6,15H,2,7-11,13H2,1H3. The molecule has 2 fully saturated rings. The first-order chi connectivity index (χ1) is 13.0. The number of nitrogens with zero attached hydrogens (tertiary/aromatic N) is 4. The second-order valence-corrected chi connectivity index (χ2v) is 6.55. The average Bonchev–Trinajstić information content (AvgIpc) is 3.09. The van der Waals surface area contributed by atoms with Gasteiger partial charge in [0.1, 0.15) is 6.07 Å². The van der Waals surface area contributed by atoms with Gasteiger partial charge < -0.3 is 19.4 Å². The van der Waals surface area contributed by atoms with E-state index in [-0.39, 0.29) is 30.9 Å². The number of benzene rings is 1. The van der Waals surface area contributed by atoms with Crippen LogP contribution in [0.1, 0.15) is 18.9 Å². The van der Waals surface area contributed by atoms with Crippen LogP contribution in [0, 0.1) is 17.2 Å². The second kappa shape index (κ2) is 8.08. The first-order valence-electron chi connectivity index (χ1n) is 9.05. The van der Waals surface area contributed by atoms with Gasteiger partial charge in [-0.25, -0.2) is 4.79 Å². The summed E-state index contributed by atoms with van der Waals surface area (Å²) >= 11 is 0. The summed E-state index contributed by atoms with van der Waals surface area (Å²) in [5, 5.41) is 9.25. The van der Waals surface area contributed by atoms with Gasteiger partial charge in [0.15, 0.2) is 0 Å². The lowest BCUT2D eigenvalue weighted by molar-refractivity contribution is -0.137. The third kappa shape index (κ3) is 3.87. The molecule has 2 heterocycles. The van der Waals surface area contributed by atoms with Crippen LogP contribution >= 0.6 is 0 Å². The largest absolute Gasteiger partial charge is 0.450 e. The predicted molar refractivity (Wildman–Crippen MR) is 96.8 cm³/mol. The number of nitriles is 1. The summed E-state index contributed by atoms with van der Waals surface area (Å²) < 4.78 is 4.98. The summed E-state index contributed by atoms with van der Waals surface area (Å²) in [7, 11) is 0. The van der Waals surface area contributed by atoms with E-state index in [1.165, 1.54) is 4.90 Å². The normalized spacial score (nSPS) is 19.8. The maximum Gasteiger partial charge on any atom is 0.409 e. The molecule has 0 aromatic heterocycles. The van der Waals surface area contributed by atoms with Crippen LogP contribution < -0.4 is 4.90 Å². The number of para-hydroxylation sites is 1. The van der Waals surface area contributed by atoms with Crippen LogP contribution in [-0.4, -0.2) is 67.0 Å². The zero-order valence-electron chi connectivity index (χ0n) is 15.3. The van der Waals surface area contributed by atoms with E-state index < -0.39 is 5.92 Å². The van der Waals surface area contributed by atoms with Crippen molar-refractivity contribution in [1.29, 1.82) is 5.26 Å². The van der Waals surface area contributed by atoms with E-state index in [0.717, 1.165) is 0 Å². The summed E-state index contributed by atoms with van der Waals surface area (Å²) in [4.78, 5) is 41.8. The highest BCUT2D eigenvalue weighted by molar-refractivity contribution is 6.01. The molecular weight excluding hydrogens is 348 g/mol. The average molecular weight is 370 g/mol.